The fraction of sp³-hybridized carbons (Fsp3) is 0.357. The molecule has 0 saturated heterocycles. The lowest BCUT2D eigenvalue weighted by molar-refractivity contribution is 0.554. The van der Waals surface area contributed by atoms with Gasteiger partial charge in [-0.05, 0) is 25.6 Å². The highest BCUT2D eigenvalue weighted by Crippen LogP contribution is 2.17. The van der Waals surface area contributed by atoms with Crippen molar-refractivity contribution in [3.05, 3.63) is 42.1 Å². The van der Waals surface area contributed by atoms with E-state index in [4.69, 9.17) is 0 Å². The lowest BCUT2D eigenvalue weighted by Crippen LogP contribution is -2.37. The molecule has 0 radical (unpaired) electrons. The first-order valence-electron chi connectivity index (χ1n) is 6.49. The number of nitrogens with one attached hydrogen (secondary N) is 2. The third-order valence-electron chi connectivity index (χ3n) is 3.16. The third-order valence-corrected chi connectivity index (χ3v) is 4.46. The van der Waals surface area contributed by atoms with Gasteiger partial charge in [-0.2, -0.15) is 0 Å². The number of fused-ring (bicyclic) bond motifs is 1. The molecular weight excluding hydrogens is 274 g/mol. The zero-order valence-electron chi connectivity index (χ0n) is 11.6. The summed E-state index contributed by atoms with van der Waals surface area (Å²) in [7, 11) is -1.56. The molecule has 1 atom stereocenters. The molecule has 6 heteroatoms. The van der Waals surface area contributed by atoms with Crippen molar-refractivity contribution < 1.29 is 8.42 Å². The van der Waals surface area contributed by atoms with Crippen molar-refractivity contribution in [1.82, 2.24) is 15.0 Å². The zero-order valence-corrected chi connectivity index (χ0v) is 12.4. The highest BCUT2D eigenvalue weighted by atomic mass is 32.2. The van der Waals surface area contributed by atoms with Gasteiger partial charge in [-0.15, -0.1) is 0 Å². The fourth-order valence-corrected chi connectivity index (χ4v) is 3.14. The molecule has 2 N–H and O–H groups in total. The second-order valence-electron chi connectivity index (χ2n) is 4.79. The summed E-state index contributed by atoms with van der Waals surface area (Å²) in [5, 5.41) is 3.94. The topological polar surface area (TPSA) is 71.1 Å². The zero-order chi connectivity index (χ0) is 14.6. The van der Waals surface area contributed by atoms with Gasteiger partial charge in [0, 0.05) is 24.2 Å². The number of pyridine rings is 1. The Morgan fingerprint density at radius 2 is 2.00 bits per heavy atom. The minimum Gasteiger partial charge on any atom is -0.316 e. The van der Waals surface area contributed by atoms with Gasteiger partial charge >= 0.3 is 0 Å². The van der Waals surface area contributed by atoms with Crippen LogP contribution in [0.25, 0.3) is 10.9 Å². The van der Waals surface area contributed by atoms with Crippen LogP contribution in [0.4, 0.5) is 0 Å². The Morgan fingerprint density at radius 1 is 1.25 bits per heavy atom. The number of aromatic nitrogens is 1. The predicted octanol–water partition coefficient (Wildman–Crippen LogP) is 1.26. The van der Waals surface area contributed by atoms with Gasteiger partial charge in [0.15, 0.2) is 0 Å². The molecule has 1 unspecified atom stereocenters. The summed E-state index contributed by atoms with van der Waals surface area (Å²) in [6, 6.07) is 9.44. The standard InChI is InChI=1S/C14H19N3O2S/c1-11(15-2)9-17-20(18,19)10-13-6-3-5-12-7-4-8-16-14(12)13/h3-8,11,15,17H,9-10H2,1-2H3. The van der Waals surface area contributed by atoms with Crippen LogP contribution in [0.5, 0.6) is 0 Å². The van der Waals surface area contributed by atoms with E-state index in [9.17, 15) is 8.42 Å². The van der Waals surface area contributed by atoms with Crippen LogP contribution in [0.3, 0.4) is 0 Å². The first kappa shape index (κ1) is 14.9. The van der Waals surface area contributed by atoms with Crippen LogP contribution < -0.4 is 10.0 Å². The lowest BCUT2D eigenvalue weighted by Gasteiger charge is -2.12. The molecule has 0 bridgehead atoms. The van der Waals surface area contributed by atoms with Gasteiger partial charge in [0.25, 0.3) is 0 Å². The molecule has 1 heterocycles. The monoisotopic (exact) mass is 293 g/mol. The second-order valence-corrected chi connectivity index (χ2v) is 6.60. The highest BCUT2D eigenvalue weighted by Gasteiger charge is 2.14. The van der Waals surface area contributed by atoms with Gasteiger partial charge in [-0.25, -0.2) is 13.1 Å². The van der Waals surface area contributed by atoms with Crippen molar-refractivity contribution in [3.63, 3.8) is 0 Å². The van der Waals surface area contributed by atoms with Crippen LogP contribution in [-0.2, 0) is 15.8 Å². The Morgan fingerprint density at radius 3 is 2.75 bits per heavy atom. The second kappa shape index (κ2) is 6.30. The Kier molecular flexibility index (Phi) is 4.69. The Bertz CT molecular complexity index is 680. The molecule has 0 aliphatic heterocycles. The Labute approximate surface area is 119 Å². The number of likely N-dealkylation sites (N-methyl/N-ethyl adjacent to an activating group) is 1. The van der Waals surface area contributed by atoms with Gasteiger partial charge < -0.3 is 5.32 Å². The molecule has 5 nitrogen and oxygen atoms in total. The van der Waals surface area contributed by atoms with E-state index in [1.165, 1.54) is 0 Å². The van der Waals surface area contributed by atoms with Crippen LogP contribution in [0.1, 0.15) is 12.5 Å². The van der Waals surface area contributed by atoms with Gasteiger partial charge in [-0.3, -0.25) is 4.98 Å². The molecule has 2 rings (SSSR count). The normalized spacial score (nSPS) is 13.5. The van der Waals surface area contributed by atoms with Crippen molar-refractivity contribution in [1.29, 1.82) is 0 Å². The van der Waals surface area contributed by atoms with Crippen molar-refractivity contribution in [2.24, 2.45) is 0 Å². The lowest BCUT2D eigenvalue weighted by atomic mass is 10.1. The van der Waals surface area contributed by atoms with Crippen LogP contribution >= 0.6 is 0 Å². The van der Waals surface area contributed by atoms with Crippen molar-refractivity contribution >= 4 is 20.9 Å². The van der Waals surface area contributed by atoms with Gasteiger partial charge in [-0.1, -0.05) is 24.3 Å². The maximum Gasteiger partial charge on any atom is 0.215 e. The summed E-state index contributed by atoms with van der Waals surface area (Å²) in [6.07, 6.45) is 1.68. The molecule has 1 aromatic carbocycles. The summed E-state index contributed by atoms with van der Waals surface area (Å²) in [6.45, 7) is 2.29. The van der Waals surface area contributed by atoms with E-state index in [0.29, 0.717) is 12.1 Å². The number of sulfonamides is 1. The maximum atomic E-state index is 12.1. The van der Waals surface area contributed by atoms with Crippen molar-refractivity contribution in [2.45, 2.75) is 18.7 Å². The van der Waals surface area contributed by atoms with Gasteiger partial charge in [0.1, 0.15) is 0 Å². The number of hydrogen-bond donors (Lipinski definition) is 2. The molecule has 1 aromatic heterocycles. The SMILES string of the molecule is CNC(C)CNS(=O)(=O)Cc1cccc2cccnc12. The molecule has 2 aromatic rings. The summed E-state index contributed by atoms with van der Waals surface area (Å²) in [4.78, 5) is 4.27. The van der Waals surface area contributed by atoms with Crippen molar-refractivity contribution in [3.8, 4) is 0 Å². The van der Waals surface area contributed by atoms with Crippen molar-refractivity contribution in [2.75, 3.05) is 13.6 Å². The predicted molar refractivity (Wildman–Crippen MR) is 80.9 cm³/mol. The largest absolute Gasteiger partial charge is 0.316 e. The maximum absolute atomic E-state index is 12.1. The van der Waals surface area contributed by atoms with Crippen LogP contribution in [0, 0.1) is 0 Å². The highest BCUT2D eigenvalue weighted by molar-refractivity contribution is 7.88. The third kappa shape index (κ3) is 3.75. The summed E-state index contributed by atoms with van der Waals surface area (Å²) >= 11 is 0. The van der Waals surface area contributed by atoms with Crippen LogP contribution in [0.2, 0.25) is 0 Å². The van der Waals surface area contributed by atoms with Gasteiger partial charge in [0.05, 0.1) is 11.3 Å². The number of para-hydroxylation sites is 1. The number of nitrogens with zero attached hydrogens (tertiary/aromatic N) is 1. The molecule has 108 valence electrons. The van der Waals surface area contributed by atoms with E-state index >= 15 is 0 Å². The molecule has 0 aliphatic carbocycles. The minimum absolute atomic E-state index is 0.0578. The first-order chi connectivity index (χ1) is 9.52. The van der Waals surface area contributed by atoms with E-state index < -0.39 is 10.0 Å². The van der Waals surface area contributed by atoms with E-state index in [0.717, 1.165) is 10.9 Å². The summed E-state index contributed by atoms with van der Waals surface area (Å²) in [5.74, 6) is -0.0578. The average molecular weight is 293 g/mol. The first-order valence-corrected chi connectivity index (χ1v) is 8.14. The van der Waals surface area contributed by atoms with Gasteiger partial charge in [0.2, 0.25) is 10.0 Å². The van der Waals surface area contributed by atoms with E-state index in [1.807, 2.05) is 31.2 Å². The minimum atomic E-state index is -3.36. The summed E-state index contributed by atoms with van der Waals surface area (Å²) < 4.78 is 26.8. The molecule has 0 saturated carbocycles. The van der Waals surface area contributed by atoms with Crippen LogP contribution in [0.15, 0.2) is 36.5 Å². The average Bonchev–Trinajstić information content (AvgIpc) is 2.45. The quantitative estimate of drug-likeness (QED) is 0.841. The number of benzene rings is 1. The molecule has 0 aliphatic rings. The van der Waals surface area contributed by atoms with E-state index in [1.54, 1.807) is 19.3 Å². The number of rotatable bonds is 6. The van der Waals surface area contributed by atoms with E-state index in [2.05, 4.69) is 15.0 Å². The fourth-order valence-electron chi connectivity index (χ4n) is 1.89. The number of hydrogen-bond acceptors (Lipinski definition) is 4. The molecular formula is C14H19N3O2S. The van der Waals surface area contributed by atoms with E-state index in [-0.39, 0.29) is 11.8 Å². The molecule has 0 spiro atoms. The molecule has 0 fully saturated rings. The smallest absolute Gasteiger partial charge is 0.215 e. The summed E-state index contributed by atoms with van der Waals surface area (Å²) in [5.41, 5.74) is 1.45. The molecule has 20 heavy (non-hydrogen) atoms. The van der Waals surface area contributed by atoms with Crippen LogP contribution in [-0.4, -0.2) is 33.0 Å². The Hall–Kier alpha value is -1.50. The Balaban J connectivity index is 2.19. The molecule has 0 amide bonds.